The number of hydrogen-bond acceptors (Lipinski definition) is 9. The minimum Gasteiger partial charge on any atom is -0.481 e. The van der Waals surface area contributed by atoms with Crippen LogP contribution in [0.5, 0.6) is 0 Å². The molecule has 0 saturated heterocycles. The highest BCUT2D eigenvalue weighted by Crippen LogP contribution is 2.45. The number of carboxylic acid groups (broad SMARTS) is 4. The number of carbonyl (C=O) groups is 5. The van der Waals surface area contributed by atoms with E-state index in [1.54, 1.807) is 0 Å². The molecule has 0 spiro atoms. The number of carbonyl (C=O) groups excluding carboxylic acids is 1. The Hall–Kier alpha value is -2.58. The summed E-state index contributed by atoms with van der Waals surface area (Å²) >= 11 is 0. The highest BCUT2D eigenvalue weighted by Gasteiger charge is 2.33. The highest BCUT2D eigenvalue weighted by atomic mass is 31.2. The van der Waals surface area contributed by atoms with Crippen molar-refractivity contribution in [2.24, 2.45) is 5.73 Å². The quantitative estimate of drug-likeness (QED) is 0.137. The lowest BCUT2D eigenvalue weighted by Gasteiger charge is -2.20. The summed E-state index contributed by atoms with van der Waals surface area (Å²) in [5.74, 6) is -7.12. The number of hydrogen-bond donors (Lipinski definition) is 7. The first kappa shape index (κ1) is 26.4. The second-order valence-electron chi connectivity index (χ2n) is 5.57. The minimum absolute atomic E-state index is 0.306. The molecule has 0 aromatic rings. The predicted octanol–water partition coefficient (Wildman–Crippen LogP) is -1.80. The first-order chi connectivity index (χ1) is 13.2. The Morgan fingerprint density at radius 2 is 1.52 bits per heavy atom. The minimum atomic E-state index is -5.13. The normalized spacial score (nSPS) is 16.1. The second kappa shape index (κ2) is 12.1. The molecule has 0 rings (SSSR count). The van der Waals surface area contributed by atoms with Gasteiger partial charge in [0.15, 0.2) is 12.1 Å². The summed E-state index contributed by atoms with van der Waals surface area (Å²) < 4.78 is 20.5. The molecule has 0 aromatic carbocycles. The predicted molar refractivity (Wildman–Crippen MR) is 89.6 cm³/mol. The van der Waals surface area contributed by atoms with Crippen LogP contribution in [0.15, 0.2) is 0 Å². The monoisotopic (exact) mass is 444 g/mol. The van der Waals surface area contributed by atoms with Crippen LogP contribution in [0.2, 0.25) is 0 Å². The topological polar surface area (TPSA) is 260 Å². The number of amides is 1. The van der Waals surface area contributed by atoms with Crippen LogP contribution in [0, 0.1) is 0 Å². The molecule has 1 amide bonds. The number of nitrogens with one attached hydrogen (secondary N) is 1. The molecule has 1 unspecified atom stereocenters. The van der Waals surface area contributed by atoms with E-state index in [0.717, 1.165) is 0 Å². The molecule has 29 heavy (non-hydrogen) atoms. The molecule has 8 N–H and O–H groups in total. The Kier molecular flexibility index (Phi) is 11.0. The molecular formula is C13H21N2O13P. The molecule has 0 saturated carbocycles. The fraction of sp³-hybridized carbons (Fsp3) is 0.615. The van der Waals surface area contributed by atoms with E-state index >= 15 is 0 Å². The maximum Gasteiger partial charge on any atom is 0.473 e. The van der Waals surface area contributed by atoms with Crippen molar-refractivity contribution in [3.63, 3.8) is 0 Å². The Balaban J connectivity index is 4.79. The lowest BCUT2D eigenvalue weighted by Crippen LogP contribution is -2.44. The molecule has 0 bridgehead atoms. The van der Waals surface area contributed by atoms with Crippen molar-refractivity contribution in [2.45, 2.75) is 43.9 Å². The number of phosphoric acid groups is 1. The van der Waals surface area contributed by atoms with Crippen LogP contribution in [-0.4, -0.2) is 79.9 Å². The van der Waals surface area contributed by atoms with Crippen molar-refractivity contribution in [3.05, 3.63) is 0 Å². The van der Waals surface area contributed by atoms with Gasteiger partial charge in [0.05, 0.1) is 6.61 Å². The smallest absolute Gasteiger partial charge is 0.473 e. The van der Waals surface area contributed by atoms with Gasteiger partial charge >= 0.3 is 31.7 Å². The summed E-state index contributed by atoms with van der Waals surface area (Å²) in [6, 6.07) is -3.21. The molecule has 0 radical (unpaired) electrons. The Bertz CT molecular complexity index is 682. The Labute approximate surface area is 163 Å². The molecule has 0 aliphatic rings. The van der Waals surface area contributed by atoms with Crippen molar-refractivity contribution in [1.29, 1.82) is 0 Å². The number of rotatable bonds is 15. The van der Waals surface area contributed by atoms with Gasteiger partial charge in [-0.25, -0.2) is 14.2 Å². The maximum atomic E-state index is 11.8. The standard InChI is InChI=1S/C13H21N2O13P/c14-6(11(19)20)1-3-9(16)15-7(12(21)22)5-27-29(25,26)28-8(13(23)24)2-4-10(17)18/h6-8H,1-5,14H2,(H,15,16)(H,17,18)(H,19,20)(H,21,22)(H,23,24)(H,25,26)/t6-,7-,8-/m0/s1. The zero-order valence-electron chi connectivity index (χ0n) is 14.8. The number of aliphatic carboxylic acids is 4. The van der Waals surface area contributed by atoms with E-state index < -0.39 is 81.7 Å². The van der Waals surface area contributed by atoms with Gasteiger partial charge in [-0.2, -0.15) is 0 Å². The van der Waals surface area contributed by atoms with Crippen LogP contribution in [0.1, 0.15) is 25.7 Å². The Morgan fingerprint density at radius 3 is 1.97 bits per heavy atom. The molecule has 4 atom stereocenters. The second-order valence-corrected chi connectivity index (χ2v) is 6.98. The van der Waals surface area contributed by atoms with Crippen molar-refractivity contribution in [2.75, 3.05) is 6.61 Å². The summed E-state index contributed by atoms with van der Waals surface area (Å²) in [4.78, 5) is 64.3. The summed E-state index contributed by atoms with van der Waals surface area (Å²) in [5.41, 5.74) is 5.19. The van der Waals surface area contributed by atoms with E-state index in [4.69, 9.17) is 26.2 Å². The van der Waals surface area contributed by atoms with Crippen molar-refractivity contribution < 1.29 is 62.9 Å². The van der Waals surface area contributed by atoms with Crippen LogP contribution in [0.4, 0.5) is 0 Å². The van der Waals surface area contributed by atoms with E-state index in [1.165, 1.54) is 0 Å². The van der Waals surface area contributed by atoms with Crippen LogP contribution in [-0.2, 0) is 37.6 Å². The van der Waals surface area contributed by atoms with E-state index in [-0.39, 0.29) is 6.42 Å². The largest absolute Gasteiger partial charge is 0.481 e. The molecule has 0 aromatic heterocycles. The van der Waals surface area contributed by atoms with E-state index in [1.807, 2.05) is 5.32 Å². The molecule has 0 aliphatic carbocycles. The highest BCUT2D eigenvalue weighted by molar-refractivity contribution is 7.47. The van der Waals surface area contributed by atoms with Gasteiger partial charge in [0, 0.05) is 12.8 Å². The summed E-state index contributed by atoms with van der Waals surface area (Å²) in [6.45, 7) is -1.11. The van der Waals surface area contributed by atoms with Crippen LogP contribution >= 0.6 is 7.82 Å². The van der Waals surface area contributed by atoms with Crippen molar-refractivity contribution >= 4 is 37.6 Å². The van der Waals surface area contributed by atoms with Gasteiger partial charge in [0.2, 0.25) is 5.91 Å². The van der Waals surface area contributed by atoms with Gasteiger partial charge in [-0.3, -0.25) is 23.4 Å². The molecule has 15 nitrogen and oxygen atoms in total. The van der Waals surface area contributed by atoms with Crippen molar-refractivity contribution in [3.8, 4) is 0 Å². The number of nitrogens with two attached hydrogens (primary N) is 1. The zero-order valence-corrected chi connectivity index (χ0v) is 15.7. The van der Waals surface area contributed by atoms with Crippen LogP contribution in [0.25, 0.3) is 0 Å². The van der Waals surface area contributed by atoms with E-state index in [9.17, 15) is 33.4 Å². The average Bonchev–Trinajstić information content (AvgIpc) is 2.59. The molecule has 0 aliphatic heterocycles. The van der Waals surface area contributed by atoms with Gasteiger partial charge in [-0.1, -0.05) is 0 Å². The van der Waals surface area contributed by atoms with Gasteiger partial charge in [-0.05, 0) is 12.8 Å². The summed E-state index contributed by atoms with van der Waals surface area (Å²) in [5, 5.41) is 36.9. The number of carboxylic acids is 4. The molecule has 0 fully saturated rings. The summed E-state index contributed by atoms with van der Waals surface area (Å²) in [7, 11) is -5.13. The van der Waals surface area contributed by atoms with Crippen molar-refractivity contribution in [1.82, 2.24) is 5.32 Å². The van der Waals surface area contributed by atoms with Gasteiger partial charge in [-0.15, -0.1) is 0 Å². The Morgan fingerprint density at radius 1 is 0.931 bits per heavy atom. The lowest BCUT2D eigenvalue weighted by molar-refractivity contribution is -0.148. The summed E-state index contributed by atoms with van der Waals surface area (Å²) in [6.07, 6.45) is -4.14. The SMILES string of the molecule is N[C@@H](CCC(=O)N[C@@H](COP(=O)(O)O[C@@H](CCC(=O)O)C(=O)O)C(=O)O)C(=O)O. The van der Waals surface area contributed by atoms with Gasteiger partial charge < -0.3 is 36.4 Å². The third-order valence-corrected chi connectivity index (χ3v) is 4.19. The third kappa shape index (κ3) is 11.8. The average molecular weight is 444 g/mol. The molecule has 16 heteroatoms. The lowest BCUT2D eigenvalue weighted by atomic mass is 10.1. The first-order valence-electron chi connectivity index (χ1n) is 7.86. The fourth-order valence-electron chi connectivity index (χ4n) is 1.69. The first-order valence-corrected chi connectivity index (χ1v) is 9.35. The molecule has 0 heterocycles. The molecule has 166 valence electrons. The van der Waals surface area contributed by atoms with Gasteiger partial charge in [0.1, 0.15) is 6.04 Å². The van der Waals surface area contributed by atoms with Crippen LogP contribution in [0.3, 0.4) is 0 Å². The zero-order chi connectivity index (χ0) is 22.8. The maximum absolute atomic E-state index is 11.8. The van der Waals surface area contributed by atoms with E-state index in [2.05, 4.69) is 9.05 Å². The fourth-order valence-corrected chi connectivity index (χ4v) is 2.60. The number of phosphoric ester groups is 1. The molecular weight excluding hydrogens is 423 g/mol. The van der Waals surface area contributed by atoms with Gasteiger partial charge in [0.25, 0.3) is 0 Å². The van der Waals surface area contributed by atoms with E-state index in [0.29, 0.717) is 0 Å². The van der Waals surface area contributed by atoms with Crippen LogP contribution < -0.4 is 11.1 Å². The third-order valence-electron chi connectivity index (χ3n) is 3.19.